The summed E-state index contributed by atoms with van der Waals surface area (Å²) in [6.07, 6.45) is 5.90. The summed E-state index contributed by atoms with van der Waals surface area (Å²) in [7, 11) is 0.750. The molecule has 0 bridgehead atoms. The largest absolute Gasteiger partial charge is 1.00 e. The van der Waals surface area contributed by atoms with Gasteiger partial charge in [-0.3, -0.25) is 4.98 Å². The minimum Gasteiger partial charge on any atom is -0.857 e. The maximum Gasteiger partial charge on any atom is 1.00 e. The Balaban J connectivity index is -0.000000189. The maximum absolute atomic E-state index is 9.78. The van der Waals surface area contributed by atoms with E-state index in [0.29, 0.717) is 0 Å². The molecule has 0 atom stereocenters. The predicted octanol–water partition coefficient (Wildman–Crippen LogP) is -3.63. The molecule has 0 radical (unpaired) electrons. The van der Waals surface area contributed by atoms with Crippen LogP contribution >= 0.6 is 0 Å². The summed E-state index contributed by atoms with van der Waals surface area (Å²) in [5.74, 6) is 0. The van der Waals surface area contributed by atoms with Crippen LogP contribution < -0.4 is 34.7 Å². The van der Waals surface area contributed by atoms with E-state index in [-0.39, 0.29) is 42.7 Å². The molecule has 1 rings (SSSR count). The first-order chi connectivity index (χ1) is 4.93. The van der Waals surface area contributed by atoms with E-state index in [2.05, 4.69) is 9.97 Å². The Morgan fingerprint density at radius 3 is 2.25 bits per heavy atom. The summed E-state index contributed by atoms with van der Waals surface area (Å²) < 4.78 is 0. The van der Waals surface area contributed by atoms with Crippen LogP contribution in [0.2, 0.25) is 0 Å². The Morgan fingerprint density at radius 1 is 1.42 bits per heavy atom. The fourth-order valence-electron chi connectivity index (χ4n) is 0.352. The van der Waals surface area contributed by atoms with Crippen LogP contribution in [0.1, 0.15) is 5.69 Å². The molecule has 0 unspecified atom stereocenters. The van der Waals surface area contributed by atoms with E-state index >= 15 is 0 Å². The Hall–Kier alpha value is -0.290. The van der Waals surface area contributed by atoms with Gasteiger partial charge in [0.1, 0.15) is 0 Å². The van der Waals surface area contributed by atoms with Crippen molar-refractivity contribution in [2.75, 3.05) is 7.11 Å². The summed E-state index contributed by atoms with van der Waals surface area (Å²) >= 11 is 0. The van der Waals surface area contributed by atoms with E-state index in [1.54, 1.807) is 6.29 Å². The van der Waals surface area contributed by atoms with Crippen LogP contribution in [0.5, 0.6) is 0 Å². The van der Waals surface area contributed by atoms with E-state index in [4.69, 9.17) is 5.11 Å². The molecule has 0 saturated heterocycles. The molecule has 0 spiro atoms. The van der Waals surface area contributed by atoms with Gasteiger partial charge in [0.25, 0.3) is 0 Å². The zero-order valence-corrected chi connectivity index (χ0v) is 9.44. The quantitative estimate of drug-likeness (QED) is 0.327. The predicted molar refractivity (Wildman–Crippen MR) is 39.2 cm³/mol. The molecular formula is C7H9N2NaO2-2. The third kappa shape index (κ3) is 7.81. The fourth-order valence-corrected chi connectivity index (χ4v) is 0.352. The summed E-state index contributed by atoms with van der Waals surface area (Å²) in [6.45, 7) is 0. The molecule has 1 aromatic rings. The van der Waals surface area contributed by atoms with E-state index in [0.717, 1.165) is 7.11 Å². The molecule has 0 saturated carbocycles. The summed E-state index contributed by atoms with van der Waals surface area (Å²) in [6, 6.07) is 0. The Bertz CT molecular complexity index is 182. The van der Waals surface area contributed by atoms with Crippen molar-refractivity contribution < 1.29 is 39.5 Å². The van der Waals surface area contributed by atoms with Crippen molar-refractivity contribution in [3.05, 3.63) is 31.7 Å². The van der Waals surface area contributed by atoms with Crippen LogP contribution in [-0.2, 0) is 4.79 Å². The first-order valence-electron chi connectivity index (χ1n) is 2.48. The van der Waals surface area contributed by atoms with E-state index in [1.165, 1.54) is 18.6 Å². The normalized spacial score (nSPS) is 6.17. The van der Waals surface area contributed by atoms with Crippen LogP contribution in [0, 0.1) is 7.43 Å². The van der Waals surface area contributed by atoms with Gasteiger partial charge in [0, 0.05) is 18.7 Å². The van der Waals surface area contributed by atoms with Gasteiger partial charge in [-0.15, -0.1) is 0 Å². The van der Waals surface area contributed by atoms with Gasteiger partial charge in [-0.2, -0.15) is 7.11 Å². The summed E-state index contributed by atoms with van der Waals surface area (Å²) in [5, 5.41) is 8.25. The Kier molecular flexibility index (Phi) is 19.6. The van der Waals surface area contributed by atoms with E-state index < -0.39 is 0 Å². The molecule has 0 aromatic carbocycles. The van der Waals surface area contributed by atoms with Gasteiger partial charge in [0.05, 0.1) is 0 Å². The third-order valence-electron chi connectivity index (χ3n) is 0.668. The van der Waals surface area contributed by atoms with Crippen LogP contribution in [0.25, 0.3) is 0 Å². The van der Waals surface area contributed by atoms with Crippen molar-refractivity contribution in [2.45, 2.75) is 0 Å². The molecule has 1 aromatic heterocycles. The minimum absolute atomic E-state index is 0. The van der Waals surface area contributed by atoms with Gasteiger partial charge >= 0.3 is 29.6 Å². The second-order valence-corrected chi connectivity index (χ2v) is 1.19. The molecule has 0 N–H and O–H groups in total. The number of hydrogen-bond acceptors (Lipinski definition) is 4. The summed E-state index contributed by atoms with van der Waals surface area (Å²) in [4.78, 5) is 17.0. The van der Waals surface area contributed by atoms with Crippen LogP contribution in [0.4, 0.5) is 0 Å². The average molecular weight is 176 g/mol. The molecule has 1 heterocycles. The number of rotatable bonds is 1. The summed E-state index contributed by atoms with van der Waals surface area (Å²) in [5.41, 5.74) is 0.243. The standard InChI is InChI=1S/C5H3N2O.CH3O.CH3.Na/c8-4-5-3-6-1-2-7-5;1-2;;/h1-3H;1H3;1H3;/q3*-1;+1. The number of nitrogens with zero attached hydrogens (tertiary/aromatic N) is 2. The molecule has 0 aliphatic carbocycles. The molecule has 4 nitrogen and oxygen atoms in total. The molecule has 5 heteroatoms. The van der Waals surface area contributed by atoms with E-state index in [9.17, 15) is 4.79 Å². The van der Waals surface area contributed by atoms with Gasteiger partial charge in [0.15, 0.2) is 0 Å². The second-order valence-electron chi connectivity index (χ2n) is 1.19. The first-order valence-corrected chi connectivity index (χ1v) is 2.48. The van der Waals surface area contributed by atoms with Crippen LogP contribution in [0.15, 0.2) is 18.6 Å². The smallest absolute Gasteiger partial charge is 0.857 e. The minimum atomic E-state index is 0. The molecule has 0 aliphatic heterocycles. The number of carbonyl (C=O) groups excluding carboxylic acids is 1. The number of aromatic nitrogens is 2. The molecular weight excluding hydrogens is 167 g/mol. The topological polar surface area (TPSA) is 65.9 Å². The monoisotopic (exact) mass is 176 g/mol. The van der Waals surface area contributed by atoms with Gasteiger partial charge in [0.2, 0.25) is 0 Å². The first kappa shape index (κ1) is 17.7. The van der Waals surface area contributed by atoms with Crippen molar-refractivity contribution in [1.82, 2.24) is 9.97 Å². The van der Waals surface area contributed by atoms with Gasteiger partial charge in [-0.1, -0.05) is 6.20 Å². The Morgan fingerprint density at radius 2 is 2.00 bits per heavy atom. The Labute approximate surface area is 94.3 Å². The zero-order chi connectivity index (χ0) is 7.82. The van der Waals surface area contributed by atoms with Crippen molar-refractivity contribution in [1.29, 1.82) is 0 Å². The van der Waals surface area contributed by atoms with Gasteiger partial charge < -0.3 is 22.3 Å². The van der Waals surface area contributed by atoms with E-state index in [1.807, 2.05) is 0 Å². The van der Waals surface area contributed by atoms with Crippen molar-refractivity contribution in [3.63, 3.8) is 0 Å². The average Bonchev–Trinajstić information content (AvgIpc) is 2.10. The SMILES string of the molecule is C[O-].O=[C-]c1cnccn1.[CH3-].[Na+]. The van der Waals surface area contributed by atoms with Crippen molar-refractivity contribution in [3.8, 4) is 0 Å². The van der Waals surface area contributed by atoms with Gasteiger partial charge in [-0.05, 0) is 5.69 Å². The fraction of sp³-hybridized carbons (Fsp3) is 0.143. The van der Waals surface area contributed by atoms with Gasteiger partial charge in [-0.25, -0.2) is 0 Å². The molecule has 0 aliphatic rings. The molecule has 0 fully saturated rings. The van der Waals surface area contributed by atoms with Crippen molar-refractivity contribution >= 4 is 6.29 Å². The van der Waals surface area contributed by atoms with Crippen LogP contribution in [0.3, 0.4) is 0 Å². The second kappa shape index (κ2) is 13.3. The molecule has 12 heavy (non-hydrogen) atoms. The zero-order valence-electron chi connectivity index (χ0n) is 7.44. The number of hydrogen-bond donors (Lipinski definition) is 0. The third-order valence-corrected chi connectivity index (χ3v) is 0.668. The van der Waals surface area contributed by atoms with Crippen molar-refractivity contribution in [2.24, 2.45) is 0 Å². The maximum atomic E-state index is 9.78. The molecule has 0 amide bonds. The molecule has 62 valence electrons. The van der Waals surface area contributed by atoms with Crippen LogP contribution in [-0.4, -0.2) is 23.4 Å².